The minimum absolute atomic E-state index is 0.363. The highest BCUT2D eigenvalue weighted by Gasteiger charge is 2.26. The van der Waals surface area contributed by atoms with Crippen LogP contribution in [0, 0.1) is 5.92 Å². The number of anilines is 3. The van der Waals surface area contributed by atoms with Crippen molar-refractivity contribution >= 4 is 77.4 Å². The number of furan rings is 1. The lowest BCUT2D eigenvalue weighted by molar-refractivity contribution is 0.669. The van der Waals surface area contributed by atoms with Crippen LogP contribution in [0.1, 0.15) is 17.0 Å². The largest absolute Gasteiger partial charge is 0.456 e. The van der Waals surface area contributed by atoms with Gasteiger partial charge in [0, 0.05) is 39.5 Å². The van der Waals surface area contributed by atoms with Crippen LogP contribution in [-0.2, 0) is 0 Å². The predicted octanol–water partition coefficient (Wildman–Crippen LogP) is 17.4. The Morgan fingerprint density at radius 3 is 1.83 bits per heavy atom. The first kappa shape index (κ1) is 36.5. The van der Waals surface area contributed by atoms with Crippen molar-refractivity contribution in [2.45, 2.75) is 5.92 Å². The van der Waals surface area contributed by atoms with Gasteiger partial charge in [0.2, 0.25) is 0 Å². The summed E-state index contributed by atoms with van der Waals surface area (Å²) in [5.41, 5.74) is 14.9. The van der Waals surface area contributed by atoms with Crippen LogP contribution >= 0.6 is 0 Å². The SMILES string of the molecule is C1=CC2C=Cc3c(-c4ccc(N(c5ccc(-c6cc7ccccc7c7ccccc67)cc5)c5ccccc5-c5cccc6oc7cc8ccccc8cc7c56)cc4)cccc3C2C=C1. The molecule has 300 valence electrons. The van der Waals surface area contributed by atoms with Crippen molar-refractivity contribution in [3.8, 4) is 33.4 Å². The smallest absolute Gasteiger partial charge is 0.136 e. The van der Waals surface area contributed by atoms with E-state index in [0.717, 1.165) is 50.1 Å². The molecule has 64 heavy (non-hydrogen) atoms. The molecule has 1 aromatic heterocycles. The number of hydrogen-bond acceptors (Lipinski definition) is 2. The maximum absolute atomic E-state index is 6.60. The molecule has 2 atom stereocenters. The average Bonchev–Trinajstić information content (AvgIpc) is 3.73. The van der Waals surface area contributed by atoms with Gasteiger partial charge in [-0.3, -0.25) is 0 Å². The number of nitrogens with zero attached hydrogens (tertiary/aromatic N) is 1. The number of para-hydroxylation sites is 1. The van der Waals surface area contributed by atoms with Crippen molar-refractivity contribution in [2.24, 2.45) is 5.92 Å². The van der Waals surface area contributed by atoms with Gasteiger partial charge >= 0.3 is 0 Å². The van der Waals surface area contributed by atoms with Gasteiger partial charge in [-0.15, -0.1) is 0 Å². The molecule has 11 aromatic rings. The van der Waals surface area contributed by atoms with Gasteiger partial charge in [-0.05, 0) is 126 Å². The fourth-order valence-corrected chi connectivity index (χ4v) is 10.6. The summed E-state index contributed by atoms with van der Waals surface area (Å²) in [6.07, 6.45) is 13.7. The summed E-state index contributed by atoms with van der Waals surface area (Å²) in [4.78, 5) is 2.42. The van der Waals surface area contributed by atoms with E-state index >= 15 is 0 Å². The Morgan fingerprint density at radius 1 is 0.391 bits per heavy atom. The quantitative estimate of drug-likeness (QED) is 0.155. The van der Waals surface area contributed by atoms with E-state index in [4.69, 9.17) is 4.42 Å². The minimum atomic E-state index is 0.363. The molecule has 0 spiro atoms. The Kier molecular flexibility index (Phi) is 8.39. The van der Waals surface area contributed by atoms with Gasteiger partial charge in [0.1, 0.15) is 11.2 Å². The van der Waals surface area contributed by atoms with Gasteiger partial charge in [0.25, 0.3) is 0 Å². The standard InChI is InChI=1S/C62H41NO/c1-2-15-44-39-61-58(37-43(44)14-1)62-56(24-12-26-60(62)64-61)55-21-9-10-25-59(55)63(46-32-27-41(28-33-46)49-22-11-23-52-48-17-5-3-13-40(48)31-36-54(49)52)47-34-29-42(30-35-47)57-38-45-16-4-6-18-50(45)51-19-7-8-20-53(51)57/h1-40,48H. The second kappa shape index (κ2) is 14.7. The molecule has 0 aliphatic heterocycles. The van der Waals surface area contributed by atoms with Crippen LogP contribution in [-0.4, -0.2) is 0 Å². The molecule has 0 N–H and O–H groups in total. The highest BCUT2D eigenvalue weighted by Crippen LogP contribution is 2.47. The van der Waals surface area contributed by atoms with E-state index in [9.17, 15) is 0 Å². The number of rotatable bonds is 6. The Bertz CT molecular complexity index is 3730. The van der Waals surface area contributed by atoms with Gasteiger partial charge in [-0.1, -0.05) is 182 Å². The van der Waals surface area contributed by atoms with Crippen molar-refractivity contribution in [3.63, 3.8) is 0 Å². The predicted molar refractivity (Wildman–Crippen MR) is 271 cm³/mol. The average molecular weight is 816 g/mol. The highest BCUT2D eigenvalue weighted by molar-refractivity contribution is 6.17. The van der Waals surface area contributed by atoms with Crippen molar-refractivity contribution in [3.05, 3.63) is 242 Å². The van der Waals surface area contributed by atoms with Crippen molar-refractivity contribution in [2.75, 3.05) is 4.90 Å². The molecule has 2 heteroatoms. The maximum Gasteiger partial charge on any atom is 0.136 e. The molecule has 0 bridgehead atoms. The lowest BCUT2D eigenvalue weighted by Crippen LogP contribution is -2.14. The van der Waals surface area contributed by atoms with Crippen LogP contribution in [0.3, 0.4) is 0 Å². The summed E-state index contributed by atoms with van der Waals surface area (Å²) in [5.74, 6) is 0.766. The Labute approximate surface area is 372 Å². The summed E-state index contributed by atoms with van der Waals surface area (Å²) >= 11 is 0. The fraction of sp³-hybridized carbons (Fsp3) is 0.0323. The molecular formula is C62H41NO. The van der Waals surface area contributed by atoms with Crippen LogP contribution in [0.4, 0.5) is 17.1 Å². The van der Waals surface area contributed by atoms with E-state index in [1.165, 1.54) is 65.7 Å². The van der Waals surface area contributed by atoms with E-state index in [1.54, 1.807) is 0 Å². The number of fused-ring (bicyclic) bond motifs is 10. The molecule has 2 aliphatic rings. The zero-order valence-corrected chi connectivity index (χ0v) is 35.0. The van der Waals surface area contributed by atoms with Crippen molar-refractivity contribution in [1.82, 2.24) is 0 Å². The van der Waals surface area contributed by atoms with E-state index in [2.05, 4.69) is 242 Å². The summed E-state index contributed by atoms with van der Waals surface area (Å²) < 4.78 is 6.60. The zero-order chi connectivity index (χ0) is 42.1. The summed E-state index contributed by atoms with van der Waals surface area (Å²) in [6.45, 7) is 0. The molecular weight excluding hydrogens is 775 g/mol. The molecule has 10 aromatic carbocycles. The zero-order valence-electron chi connectivity index (χ0n) is 35.0. The fourth-order valence-electron chi connectivity index (χ4n) is 10.6. The Balaban J connectivity index is 0.976. The lowest BCUT2D eigenvalue weighted by atomic mass is 9.75. The van der Waals surface area contributed by atoms with Gasteiger partial charge in [0.05, 0.1) is 5.69 Å². The first-order valence-electron chi connectivity index (χ1n) is 22.2. The third kappa shape index (κ3) is 5.87. The normalized spacial score (nSPS) is 15.3. The van der Waals surface area contributed by atoms with Crippen LogP contribution in [0.15, 0.2) is 235 Å². The van der Waals surface area contributed by atoms with Gasteiger partial charge in [-0.2, -0.15) is 0 Å². The molecule has 2 nitrogen and oxygen atoms in total. The van der Waals surface area contributed by atoms with Crippen LogP contribution < -0.4 is 4.90 Å². The molecule has 13 rings (SSSR count). The molecule has 2 aliphatic carbocycles. The topological polar surface area (TPSA) is 16.4 Å². The molecule has 0 saturated carbocycles. The number of allylic oxidation sites excluding steroid dienone is 5. The minimum Gasteiger partial charge on any atom is -0.456 e. The first-order chi connectivity index (χ1) is 31.7. The van der Waals surface area contributed by atoms with Gasteiger partial charge in [-0.25, -0.2) is 0 Å². The summed E-state index contributed by atoms with van der Waals surface area (Å²) in [6, 6.07) is 73.2. The second-order valence-corrected chi connectivity index (χ2v) is 17.2. The highest BCUT2D eigenvalue weighted by atomic mass is 16.3. The second-order valence-electron chi connectivity index (χ2n) is 17.2. The third-order valence-electron chi connectivity index (χ3n) is 13.6. The number of benzene rings is 10. The monoisotopic (exact) mass is 815 g/mol. The summed E-state index contributed by atoms with van der Waals surface area (Å²) in [7, 11) is 0. The van der Waals surface area contributed by atoms with Crippen LogP contribution in [0.2, 0.25) is 0 Å². The third-order valence-corrected chi connectivity index (χ3v) is 13.6. The lowest BCUT2D eigenvalue weighted by Gasteiger charge is -2.29. The molecule has 0 fully saturated rings. The van der Waals surface area contributed by atoms with E-state index in [-0.39, 0.29) is 0 Å². The van der Waals surface area contributed by atoms with Crippen molar-refractivity contribution < 1.29 is 4.42 Å². The van der Waals surface area contributed by atoms with E-state index in [0.29, 0.717) is 11.8 Å². The molecule has 0 amide bonds. The summed E-state index contributed by atoms with van der Waals surface area (Å²) in [5, 5.41) is 9.65. The molecule has 1 heterocycles. The molecule has 0 saturated heterocycles. The molecule has 0 radical (unpaired) electrons. The Morgan fingerprint density at radius 2 is 1.02 bits per heavy atom. The van der Waals surface area contributed by atoms with E-state index in [1.807, 2.05) is 0 Å². The van der Waals surface area contributed by atoms with Gasteiger partial charge in [0.15, 0.2) is 0 Å². The first-order valence-corrected chi connectivity index (χ1v) is 22.2. The van der Waals surface area contributed by atoms with Gasteiger partial charge < -0.3 is 9.32 Å². The van der Waals surface area contributed by atoms with Crippen molar-refractivity contribution in [1.29, 1.82) is 0 Å². The Hall–Kier alpha value is -8.20. The van der Waals surface area contributed by atoms with Crippen LogP contribution in [0.25, 0.3) is 93.7 Å². The number of hydrogen-bond donors (Lipinski definition) is 0. The maximum atomic E-state index is 6.60. The molecule has 2 unspecified atom stereocenters. The van der Waals surface area contributed by atoms with E-state index < -0.39 is 0 Å². The van der Waals surface area contributed by atoms with Crippen LogP contribution in [0.5, 0.6) is 0 Å².